The van der Waals surface area contributed by atoms with Gasteiger partial charge in [0, 0.05) is 10.2 Å². The predicted octanol–water partition coefficient (Wildman–Crippen LogP) is -0.0307. The average Bonchev–Trinajstić information content (AvgIpc) is 1.86. The third-order valence-corrected chi connectivity index (χ3v) is 3.39. The molecule has 0 amide bonds. The number of esters is 1. The van der Waals surface area contributed by atoms with Crippen LogP contribution in [0.2, 0.25) is 6.04 Å². The van der Waals surface area contributed by atoms with Crippen molar-refractivity contribution in [2.24, 2.45) is 5.41 Å². The second-order valence-electron chi connectivity index (χ2n) is 2.73. The quantitative estimate of drug-likeness (QED) is 0.404. The highest BCUT2D eigenvalue weighted by Crippen LogP contribution is 2.19. The van der Waals surface area contributed by atoms with Gasteiger partial charge in [-0.25, -0.2) is 0 Å². The van der Waals surface area contributed by atoms with Gasteiger partial charge in [-0.05, 0) is 13.8 Å². The van der Waals surface area contributed by atoms with Crippen LogP contribution in [0.4, 0.5) is 0 Å². The summed E-state index contributed by atoms with van der Waals surface area (Å²) in [4.78, 5) is 10.9. The molecule has 0 saturated carbocycles. The zero-order valence-corrected chi connectivity index (χ0v) is 8.52. The Balaban J connectivity index is 3.97. The van der Waals surface area contributed by atoms with Gasteiger partial charge in [0.25, 0.3) is 0 Å². The van der Waals surface area contributed by atoms with Crippen molar-refractivity contribution in [3.05, 3.63) is 0 Å². The molecule has 0 radical (unpaired) electrons. The van der Waals surface area contributed by atoms with E-state index in [9.17, 15) is 4.79 Å². The lowest BCUT2D eigenvalue weighted by atomic mass is 9.97. The fourth-order valence-corrected chi connectivity index (χ4v) is 0.709. The normalized spacial score (nSPS) is 11.4. The first-order valence-corrected chi connectivity index (χ1v) is 4.54. The summed E-state index contributed by atoms with van der Waals surface area (Å²) in [7, 11) is 2.48. The molecule has 54 valence electrons. The lowest BCUT2D eigenvalue weighted by molar-refractivity contribution is -0.149. The van der Waals surface area contributed by atoms with E-state index in [-0.39, 0.29) is 11.4 Å². The summed E-state index contributed by atoms with van der Waals surface area (Å²) < 4.78 is 4.59. The number of ether oxygens (including phenoxy) is 1. The lowest BCUT2D eigenvalue weighted by Gasteiger charge is -2.18. The van der Waals surface area contributed by atoms with Crippen LogP contribution in [0, 0.1) is 5.41 Å². The first kappa shape index (κ1) is 8.69. The molecule has 2 nitrogen and oxygen atoms in total. The average molecular weight is 146 g/mol. The van der Waals surface area contributed by atoms with E-state index in [1.165, 1.54) is 7.11 Å². The predicted molar refractivity (Wildman–Crippen MR) is 40.5 cm³/mol. The van der Waals surface area contributed by atoms with Crippen LogP contribution in [-0.4, -0.2) is 23.3 Å². The first-order chi connectivity index (χ1) is 4.04. The minimum Gasteiger partial charge on any atom is -0.469 e. The Labute approximate surface area is 59.0 Å². The highest BCUT2D eigenvalue weighted by Gasteiger charge is 2.25. The molecule has 0 aliphatic rings. The van der Waals surface area contributed by atoms with E-state index in [1.54, 1.807) is 0 Å². The van der Waals surface area contributed by atoms with Gasteiger partial charge in [-0.2, -0.15) is 0 Å². The number of carbonyl (C=O) groups is 1. The Hall–Kier alpha value is -0.313. The number of rotatable bonds is 2. The SMILES string of the molecule is COC(=O)C(C)(C)C[SiH3]. The van der Waals surface area contributed by atoms with E-state index in [0.717, 1.165) is 16.3 Å². The number of methoxy groups -OCH3 is 1. The molecule has 3 heteroatoms. The molecule has 0 aromatic carbocycles. The second kappa shape index (κ2) is 3.01. The number of hydrogen-bond acceptors (Lipinski definition) is 2. The van der Waals surface area contributed by atoms with Crippen LogP contribution in [0.1, 0.15) is 13.8 Å². The van der Waals surface area contributed by atoms with Gasteiger partial charge in [-0.1, -0.05) is 6.04 Å². The van der Waals surface area contributed by atoms with Crippen molar-refractivity contribution in [1.29, 1.82) is 0 Å². The highest BCUT2D eigenvalue weighted by molar-refractivity contribution is 6.10. The van der Waals surface area contributed by atoms with Crippen molar-refractivity contribution in [3.8, 4) is 0 Å². The fraction of sp³-hybridized carbons (Fsp3) is 0.833. The Kier molecular flexibility index (Phi) is 2.90. The van der Waals surface area contributed by atoms with E-state index in [4.69, 9.17) is 0 Å². The summed E-state index contributed by atoms with van der Waals surface area (Å²) in [6, 6.07) is 0.958. The van der Waals surface area contributed by atoms with Crippen LogP contribution in [0.3, 0.4) is 0 Å². The summed E-state index contributed by atoms with van der Waals surface area (Å²) in [6.07, 6.45) is 0. The summed E-state index contributed by atoms with van der Waals surface area (Å²) in [6.45, 7) is 3.82. The maximum atomic E-state index is 10.9. The first-order valence-electron chi connectivity index (χ1n) is 3.13. The van der Waals surface area contributed by atoms with Crippen LogP contribution in [0.25, 0.3) is 0 Å². The lowest BCUT2D eigenvalue weighted by Crippen LogP contribution is -2.24. The third kappa shape index (κ3) is 2.18. The molecule has 0 aromatic rings. The van der Waals surface area contributed by atoms with Crippen LogP contribution in [-0.2, 0) is 9.53 Å². The van der Waals surface area contributed by atoms with E-state index >= 15 is 0 Å². The van der Waals surface area contributed by atoms with Gasteiger partial charge in [-0.15, -0.1) is 0 Å². The topological polar surface area (TPSA) is 26.3 Å². The summed E-state index contributed by atoms with van der Waals surface area (Å²) in [5.41, 5.74) is -0.249. The molecule has 0 aromatic heterocycles. The van der Waals surface area contributed by atoms with Gasteiger partial charge in [0.05, 0.1) is 12.5 Å². The minimum absolute atomic E-state index is 0.0995. The van der Waals surface area contributed by atoms with Crippen LogP contribution >= 0.6 is 0 Å². The fourth-order valence-electron chi connectivity index (χ4n) is 0.421. The van der Waals surface area contributed by atoms with Crippen LogP contribution in [0.5, 0.6) is 0 Å². The van der Waals surface area contributed by atoms with Crippen LogP contribution < -0.4 is 0 Å². The smallest absolute Gasteiger partial charge is 0.310 e. The van der Waals surface area contributed by atoms with Gasteiger partial charge in [0.2, 0.25) is 0 Å². The Morgan fingerprint density at radius 3 is 2.22 bits per heavy atom. The number of hydrogen-bond donors (Lipinski definition) is 0. The molecular weight excluding hydrogens is 132 g/mol. The van der Waals surface area contributed by atoms with Gasteiger partial charge < -0.3 is 4.74 Å². The van der Waals surface area contributed by atoms with Gasteiger partial charge >= 0.3 is 5.97 Å². The van der Waals surface area contributed by atoms with Gasteiger partial charge in [0.1, 0.15) is 0 Å². The van der Waals surface area contributed by atoms with E-state index in [1.807, 2.05) is 13.8 Å². The summed E-state index contributed by atoms with van der Waals surface area (Å²) in [5, 5.41) is 0. The van der Waals surface area contributed by atoms with Gasteiger partial charge in [-0.3, -0.25) is 4.79 Å². The molecule has 0 aliphatic carbocycles. The maximum Gasteiger partial charge on any atom is 0.310 e. The van der Waals surface area contributed by atoms with Crippen molar-refractivity contribution >= 4 is 16.2 Å². The molecule has 0 rings (SSSR count). The Morgan fingerprint density at radius 1 is 1.67 bits per heavy atom. The Morgan fingerprint density at radius 2 is 2.11 bits per heavy atom. The maximum absolute atomic E-state index is 10.9. The van der Waals surface area contributed by atoms with Crippen molar-refractivity contribution in [2.75, 3.05) is 7.11 Å². The molecule has 0 unspecified atom stereocenters. The van der Waals surface area contributed by atoms with Crippen molar-refractivity contribution in [3.63, 3.8) is 0 Å². The van der Waals surface area contributed by atoms with Crippen molar-refractivity contribution < 1.29 is 9.53 Å². The summed E-state index contributed by atoms with van der Waals surface area (Å²) >= 11 is 0. The molecule has 0 bridgehead atoms. The molecule has 0 N–H and O–H groups in total. The number of carbonyl (C=O) groups excluding carboxylic acids is 1. The highest BCUT2D eigenvalue weighted by atomic mass is 28.1. The molecule has 0 saturated heterocycles. The standard InChI is InChI=1S/C6H14O2Si/c1-6(2,4-9)5(7)8-3/h4H2,1-3,9H3. The van der Waals surface area contributed by atoms with E-state index in [2.05, 4.69) is 4.74 Å². The zero-order valence-electron chi connectivity index (χ0n) is 6.52. The molecule has 9 heavy (non-hydrogen) atoms. The monoisotopic (exact) mass is 146 g/mol. The Bertz CT molecular complexity index is 110. The molecule has 0 heterocycles. The molecular formula is C6H14O2Si. The van der Waals surface area contributed by atoms with E-state index < -0.39 is 0 Å². The third-order valence-electron chi connectivity index (χ3n) is 1.62. The zero-order chi connectivity index (χ0) is 7.49. The summed E-state index contributed by atoms with van der Waals surface area (Å²) in [5.74, 6) is -0.0995. The van der Waals surface area contributed by atoms with Gasteiger partial charge in [0.15, 0.2) is 0 Å². The molecule has 0 spiro atoms. The molecule has 0 fully saturated rings. The van der Waals surface area contributed by atoms with Crippen molar-refractivity contribution in [2.45, 2.75) is 19.9 Å². The molecule has 0 aliphatic heterocycles. The largest absolute Gasteiger partial charge is 0.469 e. The minimum atomic E-state index is -0.249. The molecule has 0 atom stereocenters. The van der Waals surface area contributed by atoms with Crippen molar-refractivity contribution in [1.82, 2.24) is 0 Å². The second-order valence-corrected chi connectivity index (χ2v) is 3.44. The van der Waals surface area contributed by atoms with Crippen LogP contribution in [0.15, 0.2) is 0 Å². The van der Waals surface area contributed by atoms with E-state index in [0.29, 0.717) is 0 Å².